The maximum Gasteiger partial charge on any atom is 0.254 e. The summed E-state index contributed by atoms with van der Waals surface area (Å²) in [5, 5.41) is 12.9. The van der Waals surface area contributed by atoms with E-state index in [1.165, 1.54) is 12.8 Å². The van der Waals surface area contributed by atoms with Crippen LogP contribution >= 0.6 is 23.2 Å². The van der Waals surface area contributed by atoms with Crippen LogP contribution in [0.1, 0.15) is 23.2 Å². The Morgan fingerprint density at radius 1 is 1.40 bits per heavy atom. The maximum absolute atomic E-state index is 12.0. The van der Waals surface area contributed by atoms with Crippen LogP contribution in [-0.4, -0.2) is 36.9 Å². The van der Waals surface area contributed by atoms with Gasteiger partial charge in [-0.3, -0.25) is 4.79 Å². The predicted octanol–water partition coefficient (Wildman–Crippen LogP) is 2.51. The third-order valence-corrected chi connectivity index (χ3v) is 3.68. The SMILES string of the molecule is O=C(NCC(O)COCC1CC1)c1c(Cl)cccc1Cl. The van der Waals surface area contributed by atoms with E-state index in [1.807, 2.05) is 0 Å². The van der Waals surface area contributed by atoms with Gasteiger partial charge in [-0.15, -0.1) is 0 Å². The number of aliphatic hydroxyl groups is 1. The van der Waals surface area contributed by atoms with E-state index in [-0.39, 0.29) is 28.8 Å². The molecule has 0 aromatic heterocycles. The Labute approximate surface area is 128 Å². The lowest BCUT2D eigenvalue weighted by molar-refractivity contribution is 0.0321. The Bertz CT molecular complexity index is 457. The summed E-state index contributed by atoms with van der Waals surface area (Å²) in [5.74, 6) is 0.251. The van der Waals surface area contributed by atoms with Gasteiger partial charge in [0.05, 0.1) is 28.3 Å². The second-order valence-electron chi connectivity index (χ2n) is 4.94. The first kappa shape index (κ1) is 15.6. The molecule has 0 bridgehead atoms. The van der Waals surface area contributed by atoms with Crippen molar-refractivity contribution in [2.24, 2.45) is 5.92 Å². The molecule has 1 aliphatic rings. The maximum atomic E-state index is 12.0. The highest BCUT2D eigenvalue weighted by molar-refractivity contribution is 6.39. The van der Waals surface area contributed by atoms with Crippen molar-refractivity contribution in [3.05, 3.63) is 33.8 Å². The monoisotopic (exact) mass is 317 g/mol. The largest absolute Gasteiger partial charge is 0.389 e. The Morgan fingerprint density at radius 3 is 2.65 bits per heavy atom. The van der Waals surface area contributed by atoms with Crippen LogP contribution in [0.4, 0.5) is 0 Å². The highest BCUT2D eigenvalue weighted by atomic mass is 35.5. The lowest BCUT2D eigenvalue weighted by Crippen LogP contribution is -2.35. The van der Waals surface area contributed by atoms with Crippen molar-refractivity contribution in [3.8, 4) is 0 Å². The smallest absolute Gasteiger partial charge is 0.254 e. The Kier molecular flexibility index (Phi) is 5.66. The number of rotatable bonds is 7. The van der Waals surface area contributed by atoms with Gasteiger partial charge >= 0.3 is 0 Å². The summed E-state index contributed by atoms with van der Waals surface area (Å²) in [6.07, 6.45) is 1.68. The highest BCUT2D eigenvalue weighted by Crippen LogP contribution is 2.28. The van der Waals surface area contributed by atoms with Crippen LogP contribution in [0.25, 0.3) is 0 Å². The number of amides is 1. The number of benzene rings is 1. The highest BCUT2D eigenvalue weighted by Gasteiger charge is 2.21. The van der Waals surface area contributed by atoms with Crippen LogP contribution in [-0.2, 0) is 4.74 Å². The predicted molar refractivity (Wildman–Crippen MR) is 78.3 cm³/mol. The number of halogens is 2. The van der Waals surface area contributed by atoms with Gasteiger partial charge in [-0.2, -0.15) is 0 Å². The first-order valence-corrected chi connectivity index (χ1v) is 7.31. The fourth-order valence-corrected chi connectivity index (χ4v) is 2.30. The van der Waals surface area contributed by atoms with E-state index in [9.17, 15) is 9.90 Å². The normalized spacial score (nSPS) is 15.9. The summed E-state index contributed by atoms with van der Waals surface area (Å²) in [5.41, 5.74) is 0.224. The van der Waals surface area contributed by atoms with E-state index in [4.69, 9.17) is 27.9 Å². The molecule has 0 saturated heterocycles. The van der Waals surface area contributed by atoms with Gasteiger partial charge in [0.1, 0.15) is 0 Å². The van der Waals surface area contributed by atoms with Gasteiger partial charge in [0.25, 0.3) is 5.91 Å². The number of carbonyl (C=O) groups excluding carboxylic acids is 1. The van der Waals surface area contributed by atoms with Crippen LogP contribution in [0.2, 0.25) is 10.0 Å². The molecule has 6 heteroatoms. The molecular weight excluding hydrogens is 301 g/mol. The molecule has 1 aliphatic carbocycles. The molecule has 0 heterocycles. The third-order valence-electron chi connectivity index (χ3n) is 3.05. The summed E-state index contributed by atoms with van der Waals surface area (Å²) in [6, 6.07) is 4.86. The molecule has 2 N–H and O–H groups in total. The van der Waals surface area contributed by atoms with Crippen LogP contribution in [0.5, 0.6) is 0 Å². The van der Waals surface area contributed by atoms with E-state index in [1.54, 1.807) is 18.2 Å². The zero-order valence-electron chi connectivity index (χ0n) is 10.9. The molecule has 1 aromatic carbocycles. The first-order valence-electron chi connectivity index (χ1n) is 6.56. The third kappa shape index (κ3) is 4.63. The van der Waals surface area contributed by atoms with Crippen molar-refractivity contribution < 1.29 is 14.6 Å². The molecule has 0 aliphatic heterocycles. The number of hydrogen-bond acceptors (Lipinski definition) is 3. The van der Waals surface area contributed by atoms with Crippen LogP contribution < -0.4 is 5.32 Å². The average molecular weight is 318 g/mol. The zero-order valence-corrected chi connectivity index (χ0v) is 12.5. The molecule has 1 aromatic rings. The Hall–Kier alpha value is -0.810. The van der Waals surface area contributed by atoms with Crippen molar-refractivity contribution in [3.63, 3.8) is 0 Å². The second-order valence-corrected chi connectivity index (χ2v) is 5.76. The molecule has 1 saturated carbocycles. The molecule has 1 amide bonds. The topological polar surface area (TPSA) is 58.6 Å². The quantitative estimate of drug-likeness (QED) is 0.812. The minimum atomic E-state index is -0.737. The van der Waals surface area contributed by atoms with Gasteiger partial charge in [-0.25, -0.2) is 0 Å². The average Bonchev–Trinajstić information content (AvgIpc) is 3.20. The van der Waals surface area contributed by atoms with Gasteiger partial charge in [-0.1, -0.05) is 29.3 Å². The number of nitrogens with one attached hydrogen (secondary N) is 1. The first-order chi connectivity index (χ1) is 9.58. The zero-order chi connectivity index (χ0) is 14.5. The minimum Gasteiger partial charge on any atom is -0.389 e. The summed E-state index contributed by atoms with van der Waals surface area (Å²) >= 11 is 11.9. The number of carbonyl (C=O) groups is 1. The molecule has 0 radical (unpaired) electrons. The summed E-state index contributed by atoms with van der Waals surface area (Å²) in [4.78, 5) is 12.0. The van der Waals surface area contributed by atoms with Crippen LogP contribution in [0.15, 0.2) is 18.2 Å². The van der Waals surface area contributed by atoms with E-state index in [0.717, 1.165) is 0 Å². The van der Waals surface area contributed by atoms with Crippen LogP contribution in [0.3, 0.4) is 0 Å². The fourth-order valence-electron chi connectivity index (χ4n) is 1.73. The van der Waals surface area contributed by atoms with Gasteiger partial charge in [0, 0.05) is 13.2 Å². The standard InChI is InChI=1S/C14H17Cl2NO3/c15-11-2-1-3-12(16)13(11)14(19)17-6-10(18)8-20-7-9-4-5-9/h1-3,9-10,18H,4-8H2,(H,17,19). The van der Waals surface area contributed by atoms with E-state index in [2.05, 4.69) is 5.32 Å². The Balaban J connectivity index is 1.76. The Morgan fingerprint density at radius 2 is 2.05 bits per heavy atom. The fraction of sp³-hybridized carbons (Fsp3) is 0.500. The van der Waals surface area contributed by atoms with Crippen LogP contribution in [0, 0.1) is 5.92 Å². The lowest BCUT2D eigenvalue weighted by atomic mass is 10.2. The number of ether oxygens (including phenoxy) is 1. The molecule has 110 valence electrons. The lowest BCUT2D eigenvalue weighted by Gasteiger charge is -2.13. The van der Waals surface area contributed by atoms with Gasteiger partial charge in [0.15, 0.2) is 0 Å². The molecular formula is C14H17Cl2NO3. The van der Waals surface area contributed by atoms with Crippen molar-refractivity contribution in [1.82, 2.24) is 5.32 Å². The van der Waals surface area contributed by atoms with Crippen molar-refractivity contribution in [2.45, 2.75) is 18.9 Å². The molecule has 1 fully saturated rings. The summed E-state index contributed by atoms with van der Waals surface area (Å²) < 4.78 is 5.35. The summed E-state index contributed by atoms with van der Waals surface area (Å²) in [7, 11) is 0. The second kappa shape index (κ2) is 7.27. The van der Waals surface area contributed by atoms with E-state index in [0.29, 0.717) is 12.5 Å². The minimum absolute atomic E-state index is 0.102. The van der Waals surface area contributed by atoms with E-state index >= 15 is 0 Å². The molecule has 20 heavy (non-hydrogen) atoms. The van der Waals surface area contributed by atoms with Gasteiger partial charge in [-0.05, 0) is 30.9 Å². The molecule has 1 atom stereocenters. The van der Waals surface area contributed by atoms with Gasteiger partial charge in [0.2, 0.25) is 0 Å². The molecule has 4 nitrogen and oxygen atoms in total. The number of aliphatic hydroxyl groups excluding tert-OH is 1. The van der Waals surface area contributed by atoms with E-state index < -0.39 is 12.0 Å². The molecule has 1 unspecified atom stereocenters. The van der Waals surface area contributed by atoms with Crippen molar-refractivity contribution in [2.75, 3.05) is 19.8 Å². The molecule has 2 rings (SSSR count). The number of hydrogen-bond donors (Lipinski definition) is 2. The van der Waals surface area contributed by atoms with Crippen molar-refractivity contribution in [1.29, 1.82) is 0 Å². The summed E-state index contributed by atoms with van der Waals surface area (Å²) in [6.45, 7) is 0.999. The van der Waals surface area contributed by atoms with Gasteiger partial charge < -0.3 is 15.2 Å². The molecule has 0 spiro atoms. The van der Waals surface area contributed by atoms with Crippen molar-refractivity contribution >= 4 is 29.1 Å².